The van der Waals surface area contributed by atoms with E-state index in [0.717, 1.165) is 19.4 Å². The van der Waals surface area contributed by atoms with Crippen LogP contribution in [0.25, 0.3) is 0 Å². The molecule has 2 rings (SSSR count). The highest BCUT2D eigenvalue weighted by Crippen LogP contribution is 2.16. The molecular formula is C16H17FN2S. The molecule has 0 fully saturated rings. The summed E-state index contributed by atoms with van der Waals surface area (Å²) in [5, 5.41) is 3.09. The fourth-order valence-corrected chi connectivity index (χ4v) is 2.10. The minimum atomic E-state index is -0.324. The van der Waals surface area contributed by atoms with Crippen LogP contribution in [0.3, 0.4) is 0 Å². The van der Waals surface area contributed by atoms with E-state index in [2.05, 4.69) is 17.4 Å². The summed E-state index contributed by atoms with van der Waals surface area (Å²) in [4.78, 5) is 0.208. The maximum Gasteiger partial charge on any atom is 0.146 e. The summed E-state index contributed by atoms with van der Waals surface area (Å²) in [6, 6.07) is 15.0. The molecule has 0 radical (unpaired) electrons. The molecule has 0 aliphatic rings. The molecule has 0 aliphatic heterocycles. The molecule has 2 aromatic carbocycles. The van der Waals surface area contributed by atoms with E-state index in [1.54, 1.807) is 12.1 Å². The van der Waals surface area contributed by atoms with E-state index in [9.17, 15) is 4.39 Å². The van der Waals surface area contributed by atoms with Crippen molar-refractivity contribution in [2.45, 2.75) is 12.8 Å². The average Bonchev–Trinajstić information content (AvgIpc) is 2.46. The van der Waals surface area contributed by atoms with Gasteiger partial charge in [-0.15, -0.1) is 0 Å². The van der Waals surface area contributed by atoms with Crippen molar-refractivity contribution >= 4 is 22.9 Å². The van der Waals surface area contributed by atoms with Crippen LogP contribution in [0.1, 0.15) is 17.5 Å². The van der Waals surface area contributed by atoms with Gasteiger partial charge in [-0.05, 0) is 36.6 Å². The summed E-state index contributed by atoms with van der Waals surface area (Å²) in [5.41, 5.74) is 7.79. The molecule has 20 heavy (non-hydrogen) atoms. The summed E-state index contributed by atoms with van der Waals surface area (Å²) < 4.78 is 13.8. The van der Waals surface area contributed by atoms with Gasteiger partial charge in [0.25, 0.3) is 0 Å². The zero-order chi connectivity index (χ0) is 14.4. The monoisotopic (exact) mass is 288 g/mol. The molecule has 0 unspecified atom stereocenters. The number of hydrogen-bond donors (Lipinski definition) is 2. The first-order valence-corrected chi connectivity index (χ1v) is 6.95. The maximum absolute atomic E-state index is 13.8. The highest BCUT2D eigenvalue weighted by atomic mass is 32.1. The van der Waals surface area contributed by atoms with Crippen molar-refractivity contribution in [2.24, 2.45) is 5.73 Å². The van der Waals surface area contributed by atoms with E-state index < -0.39 is 0 Å². The molecule has 104 valence electrons. The number of nitrogens with one attached hydrogen (secondary N) is 1. The Labute approximate surface area is 123 Å². The summed E-state index contributed by atoms with van der Waals surface area (Å²) in [6.45, 7) is 0.720. The first-order valence-electron chi connectivity index (χ1n) is 6.54. The Hall–Kier alpha value is -1.94. The van der Waals surface area contributed by atoms with Crippen LogP contribution in [0.5, 0.6) is 0 Å². The predicted molar refractivity (Wildman–Crippen MR) is 85.5 cm³/mol. The fraction of sp³-hybridized carbons (Fsp3) is 0.188. The lowest BCUT2D eigenvalue weighted by atomic mass is 10.1. The molecule has 0 bridgehead atoms. The molecule has 3 N–H and O–H groups in total. The first kappa shape index (κ1) is 14.5. The molecule has 0 saturated carbocycles. The molecule has 0 aliphatic carbocycles. The summed E-state index contributed by atoms with van der Waals surface area (Å²) in [5.74, 6) is -0.324. The Balaban J connectivity index is 1.84. The fourth-order valence-electron chi connectivity index (χ4n) is 1.97. The van der Waals surface area contributed by atoms with Gasteiger partial charge in [-0.25, -0.2) is 4.39 Å². The van der Waals surface area contributed by atoms with E-state index in [-0.39, 0.29) is 10.8 Å². The van der Waals surface area contributed by atoms with Crippen molar-refractivity contribution in [2.75, 3.05) is 11.9 Å². The number of aryl methyl sites for hydroxylation is 1. The molecule has 0 saturated heterocycles. The lowest BCUT2D eigenvalue weighted by molar-refractivity contribution is 0.629. The number of nitrogens with two attached hydrogens (primary N) is 1. The van der Waals surface area contributed by atoms with Crippen LogP contribution < -0.4 is 11.1 Å². The molecule has 0 atom stereocenters. The second kappa shape index (κ2) is 7.01. The number of thiocarbonyl (C=S) groups is 1. The van der Waals surface area contributed by atoms with Crippen LogP contribution in [-0.2, 0) is 6.42 Å². The molecular weight excluding hydrogens is 271 g/mol. The van der Waals surface area contributed by atoms with Gasteiger partial charge < -0.3 is 11.1 Å². The van der Waals surface area contributed by atoms with Crippen LogP contribution in [0.2, 0.25) is 0 Å². The van der Waals surface area contributed by atoms with E-state index in [4.69, 9.17) is 18.0 Å². The van der Waals surface area contributed by atoms with Crippen molar-refractivity contribution in [3.05, 3.63) is 65.5 Å². The van der Waals surface area contributed by atoms with Crippen molar-refractivity contribution < 1.29 is 4.39 Å². The number of anilines is 1. The van der Waals surface area contributed by atoms with Gasteiger partial charge in [0.1, 0.15) is 10.8 Å². The van der Waals surface area contributed by atoms with Crippen molar-refractivity contribution in [1.29, 1.82) is 0 Å². The van der Waals surface area contributed by atoms with Gasteiger partial charge >= 0.3 is 0 Å². The van der Waals surface area contributed by atoms with Gasteiger partial charge in [-0.1, -0.05) is 42.5 Å². The molecule has 0 spiro atoms. The van der Waals surface area contributed by atoms with E-state index >= 15 is 0 Å². The highest BCUT2D eigenvalue weighted by molar-refractivity contribution is 7.80. The average molecular weight is 288 g/mol. The van der Waals surface area contributed by atoms with Crippen LogP contribution >= 0.6 is 12.2 Å². The van der Waals surface area contributed by atoms with Crippen LogP contribution in [0, 0.1) is 5.82 Å². The zero-order valence-corrected chi connectivity index (χ0v) is 11.9. The van der Waals surface area contributed by atoms with Crippen molar-refractivity contribution in [3.8, 4) is 0 Å². The van der Waals surface area contributed by atoms with Crippen molar-refractivity contribution in [1.82, 2.24) is 0 Å². The maximum atomic E-state index is 13.8. The molecule has 4 heteroatoms. The predicted octanol–water partition coefficient (Wildman–Crippen LogP) is 3.50. The van der Waals surface area contributed by atoms with Gasteiger partial charge in [-0.3, -0.25) is 0 Å². The third-order valence-corrected chi connectivity index (χ3v) is 3.29. The normalized spacial score (nSPS) is 10.2. The van der Waals surface area contributed by atoms with Crippen LogP contribution in [0.15, 0.2) is 48.5 Å². The Morgan fingerprint density at radius 2 is 1.90 bits per heavy atom. The second-order valence-electron chi connectivity index (χ2n) is 4.57. The van der Waals surface area contributed by atoms with Gasteiger partial charge in [0.15, 0.2) is 0 Å². The Kier molecular flexibility index (Phi) is 5.07. The highest BCUT2D eigenvalue weighted by Gasteiger charge is 2.04. The summed E-state index contributed by atoms with van der Waals surface area (Å²) in [6.07, 6.45) is 1.92. The summed E-state index contributed by atoms with van der Waals surface area (Å²) in [7, 11) is 0. The minimum Gasteiger partial charge on any atom is -0.389 e. The van der Waals surface area contributed by atoms with Crippen LogP contribution in [0.4, 0.5) is 10.1 Å². The zero-order valence-electron chi connectivity index (χ0n) is 11.1. The van der Waals surface area contributed by atoms with Crippen LogP contribution in [-0.4, -0.2) is 11.5 Å². The summed E-state index contributed by atoms with van der Waals surface area (Å²) >= 11 is 4.82. The van der Waals surface area contributed by atoms with E-state index in [1.165, 1.54) is 11.6 Å². The number of rotatable bonds is 6. The Bertz CT molecular complexity index is 584. The van der Waals surface area contributed by atoms with Gasteiger partial charge in [-0.2, -0.15) is 0 Å². The molecule has 0 heterocycles. The Morgan fingerprint density at radius 1 is 1.15 bits per heavy atom. The molecule has 0 amide bonds. The number of hydrogen-bond acceptors (Lipinski definition) is 2. The molecule has 2 nitrogen and oxygen atoms in total. The first-order chi connectivity index (χ1) is 9.66. The lowest BCUT2D eigenvalue weighted by Crippen LogP contribution is -2.11. The smallest absolute Gasteiger partial charge is 0.146 e. The standard InChI is InChI=1S/C16H17FN2S/c17-14-11-13(16(18)20)8-9-15(14)19-10-4-7-12-5-2-1-3-6-12/h1-3,5-6,8-9,11,19H,4,7,10H2,(H2,18,20). The van der Waals surface area contributed by atoms with Gasteiger partial charge in [0.05, 0.1) is 5.69 Å². The third kappa shape index (κ3) is 4.03. The second-order valence-corrected chi connectivity index (χ2v) is 5.01. The lowest BCUT2D eigenvalue weighted by Gasteiger charge is -2.09. The minimum absolute atomic E-state index is 0.208. The van der Waals surface area contributed by atoms with E-state index in [0.29, 0.717) is 11.3 Å². The van der Waals surface area contributed by atoms with Gasteiger partial charge in [0.2, 0.25) is 0 Å². The number of benzene rings is 2. The van der Waals surface area contributed by atoms with Crippen molar-refractivity contribution in [3.63, 3.8) is 0 Å². The largest absolute Gasteiger partial charge is 0.389 e. The number of halogens is 1. The molecule has 0 aromatic heterocycles. The van der Waals surface area contributed by atoms with E-state index in [1.807, 2.05) is 18.2 Å². The third-order valence-electron chi connectivity index (χ3n) is 3.05. The SMILES string of the molecule is NC(=S)c1ccc(NCCCc2ccccc2)c(F)c1. The quantitative estimate of drug-likeness (QED) is 0.631. The Morgan fingerprint density at radius 3 is 2.55 bits per heavy atom. The molecule has 2 aromatic rings. The van der Waals surface area contributed by atoms with Gasteiger partial charge in [0, 0.05) is 12.1 Å². The topological polar surface area (TPSA) is 38.0 Å².